The summed E-state index contributed by atoms with van der Waals surface area (Å²) in [5.41, 5.74) is 0. The Kier molecular flexibility index (Phi) is 4.30. The Morgan fingerprint density at radius 2 is 2.30 bits per heavy atom. The van der Waals surface area contributed by atoms with Crippen LogP contribution in [0.5, 0.6) is 0 Å². The van der Waals surface area contributed by atoms with E-state index in [2.05, 4.69) is 34.3 Å². The highest BCUT2D eigenvalue weighted by Gasteiger charge is 2.34. The molecule has 0 bridgehead atoms. The van der Waals surface area contributed by atoms with Crippen molar-refractivity contribution in [3.8, 4) is 0 Å². The molecule has 7 heteroatoms. The first-order chi connectivity index (χ1) is 9.78. The minimum atomic E-state index is -0.0915. The van der Waals surface area contributed by atoms with E-state index in [1.807, 2.05) is 0 Å². The average Bonchev–Trinajstić information content (AvgIpc) is 3.07. The van der Waals surface area contributed by atoms with Crippen LogP contribution >= 0.6 is 0 Å². The number of hydrogen-bond donors (Lipinski definition) is 1. The molecule has 2 fully saturated rings. The van der Waals surface area contributed by atoms with Crippen molar-refractivity contribution in [3.05, 3.63) is 11.7 Å². The number of nitrogens with zero attached hydrogens (tertiary/aromatic N) is 3. The summed E-state index contributed by atoms with van der Waals surface area (Å²) in [4.78, 5) is 6.75. The standard InChI is InChI=1S/C13H22N4O3/c1-3-14-10-8-18-7-9(10)13-15-12(16-20-13)11-6-17(2)4-5-19-11/h9-11,14H,3-8H2,1-2H3. The van der Waals surface area contributed by atoms with Crippen LogP contribution in [0.25, 0.3) is 0 Å². The lowest BCUT2D eigenvalue weighted by Gasteiger charge is -2.27. The molecule has 0 spiro atoms. The quantitative estimate of drug-likeness (QED) is 0.843. The molecule has 3 unspecified atom stereocenters. The van der Waals surface area contributed by atoms with Gasteiger partial charge < -0.3 is 24.2 Å². The van der Waals surface area contributed by atoms with Crippen molar-refractivity contribution in [3.63, 3.8) is 0 Å². The fourth-order valence-corrected chi connectivity index (χ4v) is 2.72. The van der Waals surface area contributed by atoms with Crippen molar-refractivity contribution >= 4 is 0 Å². The molecule has 2 aliphatic rings. The first-order valence-electron chi connectivity index (χ1n) is 7.22. The maximum Gasteiger partial charge on any atom is 0.233 e. The van der Waals surface area contributed by atoms with Crippen LogP contribution < -0.4 is 5.32 Å². The van der Waals surface area contributed by atoms with E-state index in [-0.39, 0.29) is 18.1 Å². The van der Waals surface area contributed by atoms with Crippen LogP contribution in [-0.2, 0) is 9.47 Å². The number of rotatable bonds is 4. The van der Waals surface area contributed by atoms with Gasteiger partial charge >= 0.3 is 0 Å². The maximum atomic E-state index is 5.71. The number of morpholine rings is 1. The molecule has 0 radical (unpaired) electrons. The monoisotopic (exact) mass is 282 g/mol. The van der Waals surface area contributed by atoms with Crippen LogP contribution in [-0.4, -0.2) is 67.6 Å². The zero-order valence-corrected chi connectivity index (χ0v) is 12.0. The van der Waals surface area contributed by atoms with E-state index < -0.39 is 0 Å². The van der Waals surface area contributed by atoms with Gasteiger partial charge in [-0.15, -0.1) is 0 Å². The fraction of sp³-hybridized carbons (Fsp3) is 0.846. The first kappa shape index (κ1) is 13.9. The van der Waals surface area contributed by atoms with Gasteiger partial charge in [-0.1, -0.05) is 12.1 Å². The molecule has 7 nitrogen and oxygen atoms in total. The predicted molar refractivity (Wildman–Crippen MR) is 71.5 cm³/mol. The van der Waals surface area contributed by atoms with E-state index in [0.717, 1.165) is 19.6 Å². The first-order valence-corrected chi connectivity index (χ1v) is 7.22. The molecule has 0 aliphatic carbocycles. The van der Waals surface area contributed by atoms with Crippen molar-refractivity contribution in [1.82, 2.24) is 20.4 Å². The molecule has 0 aromatic carbocycles. The van der Waals surface area contributed by atoms with Crippen LogP contribution in [0.4, 0.5) is 0 Å². The average molecular weight is 282 g/mol. The highest BCUT2D eigenvalue weighted by atomic mass is 16.5. The number of ether oxygens (including phenoxy) is 2. The second-order valence-corrected chi connectivity index (χ2v) is 5.42. The summed E-state index contributed by atoms with van der Waals surface area (Å²) in [6, 6.07) is 0.253. The molecule has 0 amide bonds. The minimum Gasteiger partial charge on any atom is -0.379 e. The van der Waals surface area contributed by atoms with E-state index in [1.165, 1.54) is 0 Å². The fourth-order valence-electron chi connectivity index (χ4n) is 2.72. The molecular weight excluding hydrogens is 260 g/mol. The van der Waals surface area contributed by atoms with Crippen molar-refractivity contribution in [2.24, 2.45) is 0 Å². The van der Waals surface area contributed by atoms with Crippen LogP contribution in [0.2, 0.25) is 0 Å². The van der Waals surface area contributed by atoms with Crippen molar-refractivity contribution in [2.45, 2.75) is 25.0 Å². The normalized spacial score (nSPS) is 31.8. The second kappa shape index (κ2) is 6.17. The SMILES string of the molecule is CCNC1COCC1c1nc(C2CN(C)CCO2)no1. The summed E-state index contributed by atoms with van der Waals surface area (Å²) < 4.78 is 16.7. The zero-order valence-electron chi connectivity index (χ0n) is 12.0. The van der Waals surface area contributed by atoms with E-state index in [0.29, 0.717) is 31.5 Å². The Bertz CT molecular complexity index is 439. The van der Waals surface area contributed by atoms with E-state index >= 15 is 0 Å². The lowest BCUT2D eigenvalue weighted by atomic mass is 10.0. The summed E-state index contributed by atoms with van der Waals surface area (Å²) in [5, 5.41) is 7.49. The Hall–Kier alpha value is -1.02. The van der Waals surface area contributed by atoms with Gasteiger partial charge in [0, 0.05) is 19.1 Å². The highest BCUT2D eigenvalue weighted by molar-refractivity contribution is 5.04. The Labute approximate surface area is 118 Å². The van der Waals surface area contributed by atoms with Gasteiger partial charge in [0.15, 0.2) is 0 Å². The minimum absolute atomic E-state index is 0.0915. The smallest absolute Gasteiger partial charge is 0.233 e. The lowest BCUT2D eigenvalue weighted by molar-refractivity contribution is -0.0264. The van der Waals surface area contributed by atoms with Gasteiger partial charge in [-0.2, -0.15) is 4.98 Å². The van der Waals surface area contributed by atoms with Crippen molar-refractivity contribution in [1.29, 1.82) is 0 Å². The molecule has 2 aliphatic heterocycles. The van der Waals surface area contributed by atoms with E-state index in [4.69, 9.17) is 14.0 Å². The van der Waals surface area contributed by atoms with Gasteiger partial charge in [0.25, 0.3) is 0 Å². The number of hydrogen-bond acceptors (Lipinski definition) is 7. The van der Waals surface area contributed by atoms with Crippen LogP contribution in [0.1, 0.15) is 30.7 Å². The zero-order chi connectivity index (χ0) is 13.9. The van der Waals surface area contributed by atoms with Gasteiger partial charge in [0.2, 0.25) is 11.7 Å². The second-order valence-electron chi connectivity index (χ2n) is 5.42. The van der Waals surface area contributed by atoms with Crippen LogP contribution in [0, 0.1) is 0 Å². The molecule has 1 aromatic heterocycles. The molecule has 20 heavy (non-hydrogen) atoms. The van der Waals surface area contributed by atoms with Crippen LogP contribution in [0.15, 0.2) is 4.52 Å². The summed E-state index contributed by atoms with van der Waals surface area (Å²) in [7, 11) is 2.07. The summed E-state index contributed by atoms with van der Waals surface area (Å²) in [5.74, 6) is 1.44. The summed E-state index contributed by atoms with van der Waals surface area (Å²) in [6.45, 7) is 6.76. The van der Waals surface area contributed by atoms with Crippen molar-refractivity contribution in [2.75, 3.05) is 46.5 Å². The largest absolute Gasteiger partial charge is 0.379 e. The third-order valence-corrected chi connectivity index (χ3v) is 3.88. The molecule has 1 aromatic rings. The van der Waals surface area contributed by atoms with Crippen molar-refractivity contribution < 1.29 is 14.0 Å². The molecule has 3 heterocycles. The molecule has 1 N–H and O–H groups in total. The topological polar surface area (TPSA) is 72.7 Å². The molecular formula is C13H22N4O3. The predicted octanol–water partition coefficient (Wildman–Crippen LogP) is 0.165. The molecule has 0 saturated carbocycles. The molecule has 3 atom stereocenters. The highest BCUT2D eigenvalue weighted by Crippen LogP contribution is 2.26. The van der Waals surface area contributed by atoms with Crippen LogP contribution in [0.3, 0.4) is 0 Å². The van der Waals surface area contributed by atoms with Gasteiger partial charge in [-0.05, 0) is 13.6 Å². The van der Waals surface area contributed by atoms with E-state index in [1.54, 1.807) is 0 Å². The van der Waals surface area contributed by atoms with Gasteiger partial charge in [0.1, 0.15) is 6.10 Å². The summed E-state index contributed by atoms with van der Waals surface area (Å²) in [6.07, 6.45) is -0.0915. The molecule has 2 saturated heterocycles. The molecule has 112 valence electrons. The lowest BCUT2D eigenvalue weighted by Crippen LogP contribution is -2.36. The number of likely N-dealkylation sites (N-methyl/N-ethyl adjacent to an activating group) is 2. The third-order valence-electron chi connectivity index (χ3n) is 3.88. The number of nitrogens with one attached hydrogen (secondary N) is 1. The Balaban J connectivity index is 1.69. The Morgan fingerprint density at radius 1 is 1.40 bits per heavy atom. The summed E-state index contributed by atoms with van der Waals surface area (Å²) >= 11 is 0. The van der Waals surface area contributed by atoms with Gasteiger partial charge in [0.05, 0.1) is 25.7 Å². The maximum absolute atomic E-state index is 5.71. The number of aromatic nitrogens is 2. The van der Waals surface area contributed by atoms with Gasteiger partial charge in [-0.3, -0.25) is 0 Å². The van der Waals surface area contributed by atoms with E-state index in [9.17, 15) is 0 Å². The Morgan fingerprint density at radius 3 is 3.10 bits per heavy atom. The van der Waals surface area contributed by atoms with Gasteiger partial charge in [-0.25, -0.2) is 0 Å². The molecule has 3 rings (SSSR count). The third kappa shape index (κ3) is 2.85.